The maximum atomic E-state index is 13.8. The molecule has 0 bridgehead atoms. The summed E-state index contributed by atoms with van der Waals surface area (Å²) in [5, 5.41) is 4.43. The zero-order chi connectivity index (χ0) is 20.6. The van der Waals surface area contributed by atoms with E-state index in [-0.39, 0.29) is 31.5 Å². The minimum absolute atomic E-state index is 0.0417. The third-order valence-corrected chi connectivity index (χ3v) is 5.11. The molecule has 1 aromatic carbocycles. The number of halogens is 5. The van der Waals surface area contributed by atoms with E-state index in [0.717, 1.165) is 11.3 Å². The third-order valence-electron chi connectivity index (χ3n) is 5.11. The molecular weight excluding hydrogens is 391 g/mol. The van der Waals surface area contributed by atoms with E-state index in [4.69, 9.17) is 0 Å². The highest BCUT2D eigenvalue weighted by Crippen LogP contribution is 2.35. The van der Waals surface area contributed by atoms with Crippen LogP contribution in [0.3, 0.4) is 0 Å². The number of pyridine rings is 1. The van der Waals surface area contributed by atoms with Crippen LogP contribution in [0.2, 0.25) is 0 Å². The summed E-state index contributed by atoms with van der Waals surface area (Å²) in [7, 11) is 0. The summed E-state index contributed by atoms with van der Waals surface area (Å²) in [6, 6.07) is 9.42. The fourth-order valence-electron chi connectivity index (χ4n) is 3.61. The summed E-state index contributed by atoms with van der Waals surface area (Å²) in [4.78, 5) is 10.0. The molecule has 1 unspecified atom stereocenters. The topological polar surface area (TPSA) is 40.5 Å². The number of hydrogen-bond donors (Lipinski definition) is 1. The lowest BCUT2D eigenvalue weighted by atomic mass is 10.1. The van der Waals surface area contributed by atoms with Crippen LogP contribution in [0.5, 0.6) is 0 Å². The van der Waals surface area contributed by atoms with Gasteiger partial charge < -0.3 is 10.2 Å². The van der Waals surface area contributed by atoms with Crippen molar-refractivity contribution in [3.8, 4) is 0 Å². The van der Waals surface area contributed by atoms with Gasteiger partial charge in [0.25, 0.3) is 0 Å². The average Bonchev–Trinajstić information content (AvgIpc) is 2.87. The van der Waals surface area contributed by atoms with Crippen molar-refractivity contribution in [1.29, 1.82) is 0 Å². The molecule has 4 nitrogen and oxygen atoms in total. The number of anilines is 1. The molecule has 9 heteroatoms. The third kappa shape index (κ3) is 4.18. The number of benzene rings is 1. The monoisotopic (exact) mass is 410 g/mol. The Hall–Kier alpha value is -2.71. The zero-order valence-corrected chi connectivity index (χ0v) is 15.4. The van der Waals surface area contributed by atoms with Gasteiger partial charge in [0.1, 0.15) is 11.4 Å². The minimum Gasteiger partial charge on any atom is -0.370 e. The van der Waals surface area contributed by atoms with E-state index >= 15 is 0 Å². The van der Waals surface area contributed by atoms with Crippen molar-refractivity contribution in [2.24, 2.45) is 4.99 Å². The Morgan fingerprint density at radius 3 is 2.62 bits per heavy atom. The highest BCUT2D eigenvalue weighted by atomic mass is 19.4. The van der Waals surface area contributed by atoms with Gasteiger partial charge in [0.05, 0.1) is 11.0 Å². The van der Waals surface area contributed by atoms with Gasteiger partial charge in [-0.1, -0.05) is 18.2 Å². The second kappa shape index (κ2) is 7.27. The first-order chi connectivity index (χ1) is 13.7. The highest BCUT2D eigenvalue weighted by Gasteiger charge is 2.36. The summed E-state index contributed by atoms with van der Waals surface area (Å²) < 4.78 is 67.4. The Balaban J connectivity index is 1.77. The number of nitrogens with zero attached hydrogens (tertiary/aromatic N) is 3. The quantitative estimate of drug-likeness (QED) is 0.772. The largest absolute Gasteiger partial charge is 0.433 e. The van der Waals surface area contributed by atoms with Crippen LogP contribution in [-0.4, -0.2) is 24.0 Å². The average molecular weight is 410 g/mol. The van der Waals surface area contributed by atoms with E-state index in [1.165, 1.54) is 6.07 Å². The standard InChI is InChI=1S/C20H19F5N4/c21-19(22)8-3-10-29(11-9-19)15-6-7-16(20(23,24)25)28-17(15)18-26-12-13-4-1-2-5-14(13)27-18/h1-2,4-7,12,18,26H,3,8-11H2. The number of fused-ring (bicyclic) bond motifs is 1. The lowest BCUT2D eigenvalue weighted by molar-refractivity contribution is -0.141. The van der Waals surface area contributed by atoms with Gasteiger partial charge >= 0.3 is 6.18 Å². The first kappa shape index (κ1) is 19.6. The smallest absolute Gasteiger partial charge is 0.370 e. The highest BCUT2D eigenvalue weighted by molar-refractivity contribution is 5.53. The van der Waals surface area contributed by atoms with Crippen molar-refractivity contribution < 1.29 is 22.0 Å². The Bertz CT molecular complexity index is 1020. The maximum Gasteiger partial charge on any atom is 0.433 e. The van der Waals surface area contributed by atoms with E-state index in [2.05, 4.69) is 15.3 Å². The van der Waals surface area contributed by atoms with Gasteiger partial charge in [-0.15, -0.1) is 0 Å². The normalized spacial score (nSPS) is 21.3. The number of nitrogens with one attached hydrogen (secondary N) is 1. The predicted octanol–water partition coefficient (Wildman–Crippen LogP) is 3.39. The minimum atomic E-state index is -4.62. The van der Waals surface area contributed by atoms with Crippen LogP contribution in [-0.2, 0) is 6.18 Å². The molecule has 1 fully saturated rings. The first-order valence-corrected chi connectivity index (χ1v) is 9.33. The van der Waals surface area contributed by atoms with E-state index in [9.17, 15) is 22.0 Å². The molecule has 0 amide bonds. The van der Waals surface area contributed by atoms with Crippen LogP contribution >= 0.6 is 0 Å². The van der Waals surface area contributed by atoms with Crippen molar-refractivity contribution in [1.82, 2.24) is 10.3 Å². The van der Waals surface area contributed by atoms with E-state index in [1.807, 2.05) is 12.1 Å². The van der Waals surface area contributed by atoms with Crippen molar-refractivity contribution in [3.63, 3.8) is 0 Å². The predicted molar refractivity (Wildman–Crippen MR) is 97.8 cm³/mol. The number of alkyl halides is 5. The summed E-state index contributed by atoms with van der Waals surface area (Å²) in [5.74, 6) is -2.77. The lowest BCUT2D eigenvalue weighted by Gasteiger charge is -2.28. The molecule has 0 aliphatic carbocycles. The molecule has 0 saturated carbocycles. The zero-order valence-electron chi connectivity index (χ0n) is 15.4. The molecule has 29 heavy (non-hydrogen) atoms. The molecule has 1 atom stereocenters. The molecule has 2 aliphatic rings. The number of hydrogen-bond acceptors (Lipinski definition) is 4. The van der Waals surface area contributed by atoms with Crippen LogP contribution in [0.4, 0.5) is 27.6 Å². The van der Waals surface area contributed by atoms with Crippen LogP contribution in [0.1, 0.15) is 36.8 Å². The molecule has 4 rings (SSSR count). The molecule has 3 heterocycles. The van der Waals surface area contributed by atoms with Gasteiger partial charge in [0.2, 0.25) is 5.92 Å². The number of aromatic nitrogens is 1. The fraction of sp³-hybridized carbons (Fsp3) is 0.400. The molecular formula is C20H19F5N4. The Morgan fingerprint density at radius 2 is 1.83 bits per heavy atom. The molecule has 154 valence electrons. The van der Waals surface area contributed by atoms with E-state index < -0.39 is 24.0 Å². The van der Waals surface area contributed by atoms with Crippen LogP contribution < -0.4 is 20.8 Å². The van der Waals surface area contributed by atoms with Gasteiger partial charge in [-0.05, 0) is 24.6 Å². The molecule has 1 aromatic heterocycles. The second-order valence-corrected chi connectivity index (χ2v) is 7.20. The molecule has 1 saturated heterocycles. The fourth-order valence-corrected chi connectivity index (χ4v) is 3.61. The van der Waals surface area contributed by atoms with Crippen LogP contribution in [0, 0.1) is 0 Å². The molecule has 1 N–H and O–H groups in total. The van der Waals surface area contributed by atoms with Crippen molar-refractivity contribution in [3.05, 3.63) is 58.4 Å². The maximum absolute atomic E-state index is 13.8. The summed E-state index contributed by atoms with van der Waals surface area (Å²) in [6.07, 6.45) is -4.12. The second-order valence-electron chi connectivity index (χ2n) is 7.20. The molecule has 0 spiro atoms. The Morgan fingerprint density at radius 1 is 1.03 bits per heavy atom. The number of para-hydroxylation sites is 1. The van der Waals surface area contributed by atoms with Crippen LogP contribution in [0.25, 0.3) is 6.20 Å². The van der Waals surface area contributed by atoms with Gasteiger partial charge in [-0.25, -0.2) is 13.8 Å². The first-order valence-electron chi connectivity index (χ1n) is 9.33. The van der Waals surface area contributed by atoms with Crippen molar-refractivity contribution >= 4 is 11.9 Å². The van der Waals surface area contributed by atoms with E-state index in [0.29, 0.717) is 17.6 Å². The van der Waals surface area contributed by atoms with Crippen molar-refractivity contribution in [2.75, 3.05) is 18.0 Å². The Kier molecular flexibility index (Phi) is 4.92. The van der Waals surface area contributed by atoms with Gasteiger partial charge in [-0.3, -0.25) is 4.99 Å². The number of rotatable bonds is 2. The van der Waals surface area contributed by atoms with Crippen molar-refractivity contribution in [2.45, 2.75) is 37.5 Å². The summed E-state index contributed by atoms with van der Waals surface area (Å²) in [6.45, 7) is 0.364. The Labute approximate surface area is 163 Å². The summed E-state index contributed by atoms with van der Waals surface area (Å²) in [5.41, 5.74) is -0.562. The van der Waals surface area contributed by atoms with Gasteiger partial charge in [-0.2, -0.15) is 13.2 Å². The lowest BCUT2D eigenvalue weighted by Crippen LogP contribution is -2.36. The van der Waals surface area contributed by atoms with E-state index in [1.54, 1.807) is 23.2 Å². The summed E-state index contributed by atoms with van der Waals surface area (Å²) >= 11 is 0. The molecule has 0 radical (unpaired) electrons. The SMILES string of the molecule is FC1(F)CCCN(c2ccc(C(F)(F)F)nc2C2N=c3ccccc3=CN2)CC1. The molecule has 2 aromatic rings. The van der Waals surface area contributed by atoms with Gasteiger partial charge in [0.15, 0.2) is 6.17 Å². The molecule has 2 aliphatic heterocycles. The van der Waals surface area contributed by atoms with Gasteiger partial charge in [0, 0.05) is 37.3 Å². The van der Waals surface area contributed by atoms with Crippen LogP contribution in [0.15, 0.2) is 41.4 Å².